The molecule has 0 unspecified atom stereocenters. The van der Waals surface area contributed by atoms with Crippen LogP contribution in [0.3, 0.4) is 0 Å². The predicted octanol–water partition coefficient (Wildman–Crippen LogP) is 2.20. The minimum Gasteiger partial charge on any atom is -0.482 e. The van der Waals surface area contributed by atoms with Crippen LogP contribution in [-0.4, -0.2) is 40.1 Å². The van der Waals surface area contributed by atoms with E-state index in [0.29, 0.717) is 16.5 Å². The van der Waals surface area contributed by atoms with Gasteiger partial charge in [-0.05, 0) is 55.5 Å². The molecule has 2 aromatic carbocycles. The highest BCUT2D eigenvalue weighted by molar-refractivity contribution is 7.89. The first kappa shape index (κ1) is 21.7. The van der Waals surface area contributed by atoms with Gasteiger partial charge < -0.3 is 14.8 Å². The topological polar surface area (TPSA) is 111 Å². The summed E-state index contributed by atoms with van der Waals surface area (Å²) in [6, 6.07) is 10.8. The minimum absolute atomic E-state index is 0.00339. The van der Waals surface area contributed by atoms with E-state index in [9.17, 15) is 18.0 Å². The molecule has 2 N–H and O–H groups in total. The zero-order valence-corrected chi connectivity index (χ0v) is 16.7. The summed E-state index contributed by atoms with van der Waals surface area (Å²) in [7, 11) is -2.61. The first-order valence-corrected chi connectivity index (χ1v) is 9.96. The standard InChI is InChI=1S/C18H19ClN2O6S/c1-12(21-28(24,25)16-9-3-13(19)4-10-16)18(23)20-14-5-7-15(8-6-14)27-11-17(22)26-2/h3-10,12,21H,11H2,1-2H3,(H,20,23)/t12-/m0/s1. The summed E-state index contributed by atoms with van der Waals surface area (Å²) < 4.78 is 36.6. The molecular weight excluding hydrogens is 408 g/mol. The van der Waals surface area contributed by atoms with E-state index in [1.54, 1.807) is 24.3 Å². The number of carbonyl (C=O) groups is 2. The summed E-state index contributed by atoms with van der Waals surface area (Å²) in [5.74, 6) is -0.639. The molecule has 0 aliphatic carbocycles. The maximum Gasteiger partial charge on any atom is 0.343 e. The van der Waals surface area contributed by atoms with Gasteiger partial charge in [0.15, 0.2) is 6.61 Å². The number of nitrogens with one attached hydrogen (secondary N) is 2. The van der Waals surface area contributed by atoms with Crippen molar-refractivity contribution >= 4 is 39.2 Å². The Morgan fingerprint density at radius 1 is 1.07 bits per heavy atom. The lowest BCUT2D eigenvalue weighted by molar-refractivity contribution is -0.142. The number of anilines is 1. The first-order valence-electron chi connectivity index (χ1n) is 8.09. The van der Waals surface area contributed by atoms with Crippen molar-refractivity contribution in [2.45, 2.75) is 17.9 Å². The summed E-state index contributed by atoms with van der Waals surface area (Å²) in [6.45, 7) is 1.20. The van der Waals surface area contributed by atoms with Gasteiger partial charge in [0.05, 0.1) is 18.0 Å². The highest BCUT2D eigenvalue weighted by Gasteiger charge is 2.22. The van der Waals surface area contributed by atoms with Gasteiger partial charge in [0, 0.05) is 10.7 Å². The van der Waals surface area contributed by atoms with E-state index in [0.717, 1.165) is 0 Å². The number of esters is 1. The van der Waals surface area contributed by atoms with Crippen LogP contribution in [0.15, 0.2) is 53.4 Å². The smallest absolute Gasteiger partial charge is 0.343 e. The maximum absolute atomic E-state index is 12.3. The molecule has 0 bridgehead atoms. The molecule has 150 valence electrons. The molecule has 8 nitrogen and oxygen atoms in total. The molecular formula is C18H19ClN2O6S. The predicted molar refractivity (Wildman–Crippen MR) is 104 cm³/mol. The van der Waals surface area contributed by atoms with Crippen LogP contribution < -0.4 is 14.8 Å². The van der Waals surface area contributed by atoms with Crippen molar-refractivity contribution in [3.63, 3.8) is 0 Å². The number of rotatable bonds is 8. The van der Waals surface area contributed by atoms with Gasteiger partial charge in [-0.1, -0.05) is 11.6 Å². The molecule has 0 radical (unpaired) electrons. The second-order valence-electron chi connectivity index (χ2n) is 5.68. The number of halogens is 1. The van der Waals surface area contributed by atoms with Crippen molar-refractivity contribution in [3.8, 4) is 5.75 Å². The van der Waals surface area contributed by atoms with E-state index in [1.807, 2.05) is 0 Å². The molecule has 2 aromatic rings. The number of ether oxygens (including phenoxy) is 2. The van der Waals surface area contributed by atoms with Crippen LogP contribution in [0.2, 0.25) is 5.02 Å². The Balaban J connectivity index is 1.94. The monoisotopic (exact) mass is 426 g/mol. The molecule has 0 aliphatic heterocycles. The fourth-order valence-corrected chi connectivity index (χ4v) is 3.38. The van der Waals surface area contributed by atoms with E-state index in [-0.39, 0.29) is 11.5 Å². The van der Waals surface area contributed by atoms with Crippen molar-refractivity contribution in [1.82, 2.24) is 4.72 Å². The Morgan fingerprint density at radius 3 is 2.25 bits per heavy atom. The molecule has 1 atom stereocenters. The van der Waals surface area contributed by atoms with Crippen LogP contribution in [0, 0.1) is 0 Å². The van der Waals surface area contributed by atoms with Gasteiger partial charge in [-0.3, -0.25) is 4.79 Å². The van der Waals surface area contributed by atoms with Crippen molar-refractivity contribution < 1.29 is 27.5 Å². The van der Waals surface area contributed by atoms with Crippen LogP contribution in [0.5, 0.6) is 5.75 Å². The van der Waals surface area contributed by atoms with Crippen LogP contribution in [0.1, 0.15) is 6.92 Å². The third-order valence-electron chi connectivity index (χ3n) is 3.56. The quantitative estimate of drug-likeness (QED) is 0.626. The molecule has 1 amide bonds. The van der Waals surface area contributed by atoms with Gasteiger partial charge in [0.2, 0.25) is 15.9 Å². The summed E-state index contributed by atoms with van der Waals surface area (Å²) in [5, 5.41) is 3.00. The molecule has 2 rings (SSSR count). The number of methoxy groups -OCH3 is 1. The Labute approximate surface area is 167 Å². The van der Waals surface area contributed by atoms with Crippen molar-refractivity contribution in [3.05, 3.63) is 53.6 Å². The lowest BCUT2D eigenvalue weighted by atomic mass is 10.2. The molecule has 10 heteroatoms. The first-order chi connectivity index (χ1) is 13.2. The fourth-order valence-electron chi connectivity index (χ4n) is 2.05. The molecule has 0 saturated heterocycles. The average molecular weight is 427 g/mol. The van der Waals surface area contributed by atoms with Crippen molar-refractivity contribution in [2.24, 2.45) is 0 Å². The third-order valence-corrected chi connectivity index (χ3v) is 5.36. The van der Waals surface area contributed by atoms with Crippen LogP contribution >= 0.6 is 11.6 Å². The van der Waals surface area contributed by atoms with E-state index in [2.05, 4.69) is 14.8 Å². The lowest BCUT2D eigenvalue weighted by Gasteiger charge is -2.15. The number of amides is 1. The van der Waals surface area contributed by atoms with E-state index in [1.165, 1.54) is 38.3 Å². The van der Waals surface area contributed by atoms with Gasteiger partial charge >= 0.3 is 5.97 Å². The molecule has 28 heavy (non-hydrogen) atoms. The Bertz CT molecular complexity index is 930. The SMILES string of the molecule is COC(=O)COc1ccc(NC(=O)[C@H](C)NS(=O)(=O)c2ccc(Cl)cc2)cc1. The largest absolute Gasteiger partial charge is 0.482 e. The number of hydrogen-bond donors (Lipinski definition) is 2. The fraction of sp³-hybridized carbons (Fsp3) is 0.222. The molecule has 0 fully saturated rings. The van der Waals surface area contributed by atoms with Gasteiger partial charge in [-0.25, -0.2) is 13.2 Å². The average Bonchev–Trinajstić information content (AvgIpc) is 2.67. The van der Waals surface area contributed by atoms with Gasteiger partial charge in [-0.2, -0.15) is 4.72 Å². The highest BCUT2D eigenvalue weighted by Crippen LogP contribution is 2.17. The maximum atomic E-state index is 12.3. The van der Waals surface area contributed by atoms with E-state index in [4.69, 9.17) is 16.3 Å². The summed E-state index contributed by atoms with van der Waals surface area (Å²) in [4.78, 5) is 23.3. The molecule has 0 aliphatic rings. The van der Waals surface area contributed by atoms with Crippen LogP contribution in [0.4, 0.5) is 5.69 Å². The normalized spacial score (nSPS) is 12.1. The Morgan fingerprint density at radius 2 is 1.68 bits per heavy atom. The van der Waals surface area contributed by atoms with Crippen LogP contribution in [0.25, 0.3) is 0 Å². The summed E-state index contributed by atoms with van der Waals surface area (Å²) in [5.41, 5.74) is 0.438. The second kappa shape index (κ2) is 9.54. The lowest BCUT2D eigenvalue weighted by Crippen LogP contribution is -2.41. The number of carbonyl (C=O) groups excluding carboxylic acids is 2. The van der Waals surface area contributed by atoms with Gasteiger partial charge in [0.1, 0.15) is 5.75 Å². The van der Waals surface area contributed by atoms with E-state index < -0.39 is 27.9 Å². The summed E-state index contributed by atoms with van der Waals surface area (Å²) in [6.07, 6.45) is 0. The summed E-state index contributed by atoms with van der Waals surface area (Å²) >= 11 is 5.75. The third kappa shape index (κ3) is 6.22. The Kier molecular flexibility index (Phi) is 7.38. The van der Waals surface area contributed by atoms with Crippen LogP contribution in [-0.2, 0) is 24.3 Å². The number of benzene rings is 2. The molecule has 0 aromatic heterocycles. The zero-order chi connectivity index (χ0) is 20.7. The Hall–Kier alpha value is -2.62. The van der Waals surface area contributed by atoms with Crippen molar-refractivity contribution in [2.75, 3.05) is 19.0 Å². The zero-order valence-electron chi connectivity index (χ0n) is 15.1. The molecule has 0 saturated carbocycles. The van der Waals surface area contributed by atoms with E-state index >= 15 is 0 Å². The number of sulfonamides is 1. The molecule has 0 heterocycles. The van der Waals surface area contributed by atoms with Gasteiger partial charge in [-0.15, -0.1) is 0 Å². The van der Waals surface area contributed by atoms with Crippen molar-refractivity contribution in [1.29, 1.82) is 0 Å². The second-order valence-corrected chi connectivity index (χ2v) is 7.83. The number of hydrogen-bond acceptors (Lipinski definition) is 6. The highest BCUT2D eigenvalue weighted by atomic mass is 35.5. The minimum atomic E-state index is -3.87. The molecule has 0 spiro atoms. The van der Waals surface area contributed by atoms with Gasteiger partial charge in [0.25, 0.3) is 0 Å².